The Bertz CT molecular complexity index is 332. The zero-order valence-corrected chi connectivity index (χ0v) is 11.0. The van der Waals surface area contributed by atoms with Gasteiger partial charge >= 0.3 is 0 Å². The normalized spacial score (nSPS) is 27.9. The zero-order chi connectivity index (χ0) is 11.5. The van der Waals surface area contributed by atoms with Crippen LogP contribution >= 0.6 is 11.6 Å². The highest BCUT2D eigenvalue weighted by molar-refractivity contribution is 6.20. The summed E-state index contributed by atoms with van der Waals surface area (Å²) in [6.45, 7) is 4.29. The average molecular weight is 241 g/mol. The van der Waals surface area contributed by atoms with Crippen LogP contribution < -0.4 is 0 Å². The minimum absolute atomic E-state index is 0.0671. The quantitative estimate of drug-likeness (QED) is 0.720. The lowest BCUT2D eigenvalue weighted by atomic mass is 9.83. The first kappa shape index (κ1) is 12.0. The molecular formula is C13H21ClN2. The molecule has 90 valence electrons. The molecule has 0 N–H and O–H groups in total. The molecule has 0 bridgehead atoms. The van der Waals surface area contributed by atoms with Gasteiger partial charge < -0.3 is 0 Å². The molecule has 1 heterocycles. The van der Waals surface area contributed by atoms with Gasteiger partial charge in [-0.25, -0.2) is 0 Å². The van der Waals surface area contributed by atoms with Crippen LogP contribution in [0.2, 0.25) is 0 Å². The van der Waals surface area contributed by atoms with Crippen molar-refractivity contribution in [3.63, 3.8) is 0 Å². The first-order chi connectivity index (χ1) is 7.72. The maximum absolute atomic E-state index is 6.07. The van der Waals surface area contributed by atoms with E-state index in [-0.39, 0.29) is 5.38 Å². The Kier molecular flexibility index (Phi) is 3.91. The van der Waals surface area contributed by atoms with Crippen molar-refractivity contribution in [1.29, 1.82) is 0 Å². The van der Waals surface area contributed by atoms with Gasteiger partial charge in [0, 0.05) is 11.8 Å². The first-order valence-electron chi connectivity index (χ1n) is 6.40. The molecule has 3 atom stereocenters. The largest absolute Gasteiger partial charge is 0.269 e. The fraction of sp³-hybridized carbons (Fsp3) is 0.769. The number of nitrogens with zero attached hydrogens (tertiary/aromatic N) is 2. The third-order valence-corrected chi connectivity index (χ3v) is 4.07. The van der Waals surface area contributed by atoms with E-state index in [9.17, 15) is 0 Å². The lowest BCUT2D eigenvalue weighted by Gasteiger charge is -2.31. The van der Waals surface area contributed by atoms with Crippen LogP contribution in [0, 0.1) is 5.92 Å². The highest BCUT2D eigenvalue weighted by Crippen LogP contribution is 2.36. The van der Waals surface area contributed by atoms with Crippen molar-refractivity contribution in [3.05, 3.63) is 18.0 Å². The Hall–Kier alpha value is -0.500. The van der Waals surface area contributed by atoms with Gasteiger partial charge in [0.15, 0.2) is 0 Å². The fourth-order valence-corrected chi connectivity index (χ4v) is 2.86. The van der Waals surface area contributed by atoms with Gasteiger partial charge in [0.1, 0.15) is 0 Å². The predicted octanol–water partition coefficient (Wildman–Crippen LogP) is 4.32. The number of halogens is 1. The van der Waals surface area contributed by atoms with E-state index in [2.05, 4.69) is 22.9 Å². The highest BCUT2D eigenvalue weighted by atomic mass is 35.5. The van der Waals surface area contributed by atoms with Crippen molar-refractivity contribution in [1.82, 2.24) is 9.78 Å². The van der Waals surface area contributed by atoms with Gasteiger partial charge in [-0.05, 0) is 25.7 Å². The molecule has 1 fully saturated rings. The molecule has 1 saturated carbocycles. The van der Waals surface area contributed by atoms with Crippen molar-refractivity contribution >= 4 is 11.6 Å². The van der Waals surface area contributed by atoms with E-state index >= 15 is 0 Å². The minimum Gasteiger partial charge on any atom is -0.269 e. The Morgan fingerprint density at radius 1 is 1.50 bits per heavy atom. The topological polar surface area (TPSA) is 17.8 Å². The molecule has 0 amide bonds. The Balaban J connectivity index is 2.14. The second-order valence-electron chi connectivity index (χ2n) is 4.89. The van der Waals surface area contributed by atoms with Crippen LogP contribution in [0.5, 0.6) is 0 Å². The Morgan fingerprint density at radius 2 is 2.25 bits per heavy atom. The molecule has 1 aliphatic carbocycles. The second kappa shape index (κ2) is 5.22. The van der Waals surface area contributed by atoms with E-state index in [4.69, 9.17) is 11.6 Å². The summed E-state index contributed by atoms with van der Waals surface area (Å²) in [6.07, 6.45) is 10.7. The lowest BCUT2D eigenvalue weighted by Crippen LogP contribution is -2.23. The van der Waals surface area contributed by atoms with Crippen LogP contribution in [-0.4, -0.2) is 9.78 Å². The minimum atomic E-state index is 0.0671. The zero-order valence-electron chi connectivity index (χ0n) is 10.2. The smallest absolute Gasteiger partial charge is 0.0588 e. The van der Waals surface area contributed by atoms with E-state index in [1.165, 1.54) is 32.1 Å². The number of hydrogen-bond acceptors (Lipinski definition) is 1. The van der Waals surface area contributed by atoms with Crippen LogP contribution in [0.4, 0.5) is 0 Å². The molecule has 0 aliphatic heterocycles. The molecule has 1 aromatic rings. The van der Waals surface area contributed by atoms with Gasteiger partial charge in [-0.3, -0.25) is 4.68 Å². The number of hydrogen-bond donors (Lipinski definition) is 0. The van der Waals surface area contributed by atoms with Crippen LogP contribution in [0.3, 0.4) is 0 Å². The van der Waals surface area contributed by atoms with Gasteiger partial charge in [-0.15, -0.1) is 11.6 Å². The molecule has 0 aromatic carbocycles. The van der Waals surface area contributed by atoms with E-state index in [0.29, 0.717) is 6.04 Å². The Morgan fingerprint density at radius 3 is 2.88 bits per heavy atom. The molecule has 2 rings (SSSR count). The van der Waals surface area contributed by atoms with Crippen LogP contribution in [0.15, 0.2) is 12.4 Å². The third kappa shape index (κ3) is 2.42. The predicted molar refractivity (Wildman–Crippen MR) is 67.8 cm³/mol. The maximum atomic E-state index is 6.07. The van der Waals surface area contributed by atoms with Crippen molar-refractivity contribution in [2.45, 2.75) is 57.4 Å². The number of rotatable bonds is 3. The van der Waals surface area contributed by atoms with Gasteiger partial charge in [-0.2, -0.15) is 5.10 Å². The molecule has 0 spiro atoms. The number of alkyl halides is 1. The van der Waals surface area contributed by atoms with E-state index in [1.54, 1.807) is 0 Å². The maximum Gasteiger partial charge on any atom is 0.0588 e. The summed E-state index contributed by atoms with van der Waals surface area (Å²) in [5.74, 6) is 0.798. The molecule has 0 saturated heterocycles. The Labute approximate surface area is 103 Å². The molecule has 3 unspecified atom stereocenters. The van der Waals surface area contributed by atoms with Gasteiger partial charge in [-0.1, -0.05) is 26.2 Å². The van der Waals surface area contributed by atoms with E-state index in [0.717, 1.165) is 11.5 Å². The summed E-state index contributed by atoms with van der Waals surface area (Å²) in [5.41, 5.74) is 1.14. The van der Waals surface area contributed by atoms with Crippen LogP contribution in [-0.2, 0) is 0 Å². The number of aromatic nitrogens is 2. The molecule has 1 aromatic heterocycles. The van der Waals surface area contributed by atoms with Crippen LogP contribution in [0.1, 0.15) is 62.9 Å². The standard InChI is InChI=1S/C13H21ClN2/c1-3-11-6-4-5-7-13(11)16-9-12(8-15-16)10(2)14/h8-11,13H,3-7H2,1-2H3. The molecule has 1 aliphatic rings. The fourth-order valence-electron chi connectivity index (χ4n) is 2.75. The van der Waals surface area contributed by atoms with Crippen molar-refractivity contribution in [2.75, 3.05) is 0 Å². The molecule has 16 heavy (non-hydrogen) atoms. The van der Waals surface area contributed by atoms with E-state index in [1.807, 2.05) is 13.1 Å². The summed E-state index contributed by atoms with van der Waals surface area (Å²) >= 11 is 6.07. The summed E-state index contributed by atoms with van der Waals surface area (Å²) < 4.78 is 2.15. The summed E-state index contributed by atoms with van der Waals surface area (Å²) in [4.78, 5) is 0. The van der Waals surface area contributed by atoms with Crippen molar-refractivity contribution in [2.24, 2.45) is 5.92 Å². The molecule has 2 nitrogen and oxygen atoms in total. The van der Waals surface area contributed by atoms with Gasteiger partial charge in [0.2, 0.25) is 0 Å². The highest BCUT2D eigenvalue weighted by Gasteiger charge is 2.25. The summed E-state index contributed by atoms with van der Waals surface area (Å²) in [7, 11) is 0. The lowest BCUT2D eigenvalue weighted by molar-refractivity contribution is 0.217. The van der Waals surface area contributed by atoms with E-state index < -0.39 is 0 Å². The first-order valence-corrected chi connectivity index (χ1v) is 6.84. The van der Waals surface area contributed by atoms with Gasteiger partial charge in [0.25, 0.3) is 0 Å². The third-order valence-electron chi connectivity index (χ3n) is 3.81. The van der Waals surface area contributed by atoms with Crippen molar-refractivity contribution in [3.8, 4) is 0 Å². The SMILES string of the molecule is CCC1CCCCC1n1cc(C(C)Cl)cn1. The molecular weight excluding hydrogens is 220 g/mol. The monoisotopic (exact) mass is 240 g/mol. The van der Waals surface area contributed by atoms with Crippen LogP contribution in [0.25, 0.3) is 0 Å². The second-order valence-corrected chi connectivity index (χ2v) is 5.54. The molecule has 3 heteroatoms. The average Bonchev–Trinajstić information content (AvgIpc) is 2.78. The summed E-state index contributed by atoms with van der Waals surface area (Å²) in [5, 5.41) is 4.56. The van der Waals surface area contributed by atoms with Gasteiger partial charge in [0.05, 0.1) is 17.6 Å². The van der Waals surface area contributed by atoms with Crippen molar-refractivity contribution < 1.29 is 0 Å². The molecule has 0 radical (unpaired) electrons. The summed E-state index contributed by atoms with van der Waals surface area (Å²) in [6, 6.07) is 0.600.